The van der Waals surface area contributed by atoms with E-state index < -0.39 is 23.2 Å². The van der Waals surface area contributed by atoms with E-state index in [1.54, 1.807) is 12.1 Å². The topological polar surface area (TPSA) is 59.8 Å². The summed E-state index contributed by atoms with van der Waals surface area (Å²) in [5, 5.41) is 11.9. The molecule has 0 radical (unpaired) electrons. The number of para-hydroxylation sites is 1. The smallest absolute Gasteiger partial charge is 0.235 e. The Morgan fingerprint density at radius 2 is 1.62 bits per heavy atom. The van der Waals surface area contributed by atoms with Crippen molar-refractivity contribution in [1.82, 2.24) is 14.8 Å². The number of hydrogen-bond acceptors (Lipinski definition) is 4. The first-order chi connectivity index (χ1) is 15.5. The molecule has 4 aromatic rings. The molecule has 3 aromatic carbocycles. The molecule has 0 spiro atoms. The molecule has 1 amide bonds. The van der Waals surface area contributed by atoms with Gasteiger partial charge in [-0.05, 0) is 42.0 Å². The summed E-state index contributed by atoms with van der Waals surface area (Å²) in [6.45, 7) is 0. The fourth-order valence-corrected chi connectivity index (χ4v) is 3.96. The third kappa shape index (κ3) is 5.15. The first-order valence-corrected chi connectivity index (χ1v) is 11.0. The lowest BCUT2D eigenvalue weighted by molar-refractivity contribution is -0.113. The fraction of sp³-hybridized carbons (Fsp3) is 0.0870. The Hall–Kier alpha value is -3.23. The van der Waals surface area contributed by atoms with Gasteiger partial charge in [-0.2, -0.15) is 0 Å². The SMILES string of the molecule is O=C(CSc1nnc(Cc2ccccc2)n1-c1ccc(Cl)cc1)Nc1c(F)cccc1F. The highest BCUT2D eigenvalue weighted by atomic mass is 35.5. The van der Waals surface area contributed by atoms with Crippen LogP contribution in [-0.2, 0) is 11.2 Å². The van der Waals surface area contributed by atoms with E-state index in [2.05, 4.69) is 15.5 Å². The third-order valence-corrected chi connectivity index (χ3v) is 5.73. The molecule has 0 saturated heterocycles. The maximum absolute atomic E-state index is 13.8. The van der Waals surface area contributed by atoms with Gasteiger partial charge in [-0.1, -0.05) is 59.8 Å². The number of nitrogens with one attached hydrogen (secondary N) is 1. The van der Waals surface area contributed by atoms with Gasteiger partial charge in [0.2, 0.25) is 5.91 Å². The van der Waals surface area contributed by atoms with Crippen molar-refractivity contribution < 1.29 is 13.6 Å². The number of thioether (sulfide) groups is 1. The quantitative estimate of drug-likeness (QED) is 0.361. The van der Waals surface area contributed by atoms with Crippen molar-refractivity contribution in [2.45, 2.75) is 11.6 Å². The largest absolute Gasteiger partial charge is 0.320 e. The lowest BCUT2D eigenvalue weighted by Gasteiger charge is -2.11. The zero-order valence-corrected chi connectivity index (χ0v) is 18.2. The Balaban J connectivity index is 1.56. The maximum atomic E-state index is 13.8. The van der Waals surface area contributed by atoms with E-state index in [0.29, 0.717) is 22.4 Å². The maximum Gasteiger partial charge on any atom is 0.235 e. The van der Waals surface area contributed by atoms with Crippen LogP contribution in [0, 0.1) is 11.6 Å². The number of hydrogen-bond donors (Lipinski definition) is 1. The molecule has 9 heteroatoms. The second kappa shape index (κ2) is 9.93. The Labute approximate surface area is 192 Å². The fourth-order valence-electron chi connectivity index (χ4n) is 3.06. The van der Waals surface area contributed by atoms with Crippen molar-refractivity contribution in [2.24, 2.45) is 0 Å². The zero-order chi connectivity index (χ0) is 22.5. The molecule has 0 saturated carbocycles. The van der Waals surface area contributed by atoms with Gasteiger partial charge in [0.15, 0.2) is 5.16 Å². The number of benzene rings is 3. The summed E-state index contributed by atoms with van der Waals surface area (Å²) in [5.74, 6) is -1.66. The second-order valence-electron chi connectivity index (χ2n) is 6.81. The Kier molecular flexibility index (Phi) is 6.82. The van der Waals surface area contributed by atoms with Gasteiger partial charge < -0.3 is 5.32 Å². The van der Waals surface area contributed by atoms with Crippen LogP contribution in [-0.4, -0.2) is 26.4 Å². The zero-order valence-electron chi connectivity index (χ0n) is 16.6. The molecule has 1 aromatic heterocycles. The standard InChI is InChI=1S/C23H17ClF2N4OS/c24-16-9-11-17(12-10-16)30-20(13-15-5-2-1-3-6-15)28-29-23(30)32-14-21(31)27-22-18(25)7-4-8-19(22)26/h1-12H,13-14H2,(H,27,31). The Bertz CT molecular complexity index is 1210. The molecule has 0 aliphatic rings. The molecule has 162 valence electrons. The van der Waals surface area contributed by atoms with Crippen molar-refractivity contribution in [3.8, 4) is 5.69 Å². The number of halogens is 3. The minimum Gasteiger partial charge on any atom is -0.320 e. The van der Waals surface area contributed by atoms with Crippen molar-refractivity contribution in [2.75, 3.05) is 11.1 Å². The molecule has 0 unspecified atom stereocenters. The lowest BCUT2D eigenvalue weighted by atomic mass is 10.1. The summed E-state index contributed by atoms with van der Waals surface area (Å²) in [7, 11) is 0. The van der Waals surface area contributed by atoms with E-state index >= 15 is 0 Å². The van der Waals surface area contributed by atoms with E-state index in [9.17, 15) is 13.6 Å². The van der Waals surface area contributed by atoms with E-state index in [1.165, 1.54) is 6.07 Å². The molecular weight excluding hydrogens is 454 g/mol. The van der Waals surface area contributed by atoms with Gasteiger partial charge in [0.05, 0.1) is 5.75 Å². The number of anilines is 1. The van der Waals surface area contributed by atoms with E-state index in [-0.39, 0.29) is 5.75 Å². The number of carbonyl (C=O) groups is 1. The van der Waals surface area contributed by atoms with Crippen LogP contribution in [0.4, 0.5) is 14.5 Å². The summed E-state index contributed by atoms with van der Waals surface area (Å²) in [4.78, 5) is 12.3. The third-order valence-electron chi connectivity index (χ3n) is 4.55. The summed E-state index contributed by atoms with van der Waals surface area (Å²) in [6.07, 6.45) is 0.531. The van der Waals surface area contributed by atoms with Crippen molar-refractivity contribution >= 4 is 35.0 Å². The number of nitrogens with zero attached hydrogens (tertiary/aromatic N) is 3. The number of amides is 1. The molecule has 0 bridgehead atoms. The average Bonchev–Trinajstić information content (AvgIpc) is 3.18. The van der Waals surface area contributed by atoms with Crippen LogP contribution in [0.3, 0.4) is 0 Å². The summed E-state index contributed by atoms with van der Waals surface area (Å²) in [6, 6.07) is 20.4. The van der Waals surface area contributed by atoms with Crippen LogP contribution in [0.5, 0.6) is 0 Å². The van der Waals surface area contributed by atoms with Gasteiger partial charge in [0, 0.05) is 17.1 Å². The van der Waals surface area contributed by atoms with E-state index in [4.69, 9.17) is 11.6 Å². The van der Waals surface area contributed by atoms with Crippen LogP contribution < -0.4 is 5.32 Å². The summed E-state index contributed by atoms with van der Waals surface area (Å²) < 4.78 is 29.4. The minimum absolute atomic E-state index is 0.106. The van der Waals surface area contributed by atoms with E-state index in [0.717, 1.165) is 35.1 Å². The molecule has 1 heterocycles. The highest BCUT2D eigenvalue weighted by Crippen LogP contribution is 2.25. The van der Waals surface area contributed by atoms with Gasteiger partial charge in [-0.15, -0.1) is 10.2 Å². The number of aromatic nitrogens is 3. The van der Waals surface area contributed by atoms with Gasteiger partial charge in [0.25, 0.3) is 0 Å². The predicted octanol–water partition coefficient (Wildman–Crippen LogP) is 5.52. The van der Waals surface area contributed by atoms with Crippen LogP contribution >= 0.6 is 23.4 Å². The monoisotopic (exact) mass is 470 g/mol. The van der Waals surface area contributed by atoms with Crippen LogP contribution in [0.1, 0.15) is 11.4 Å². The number of carbonyl (C=O) groups excluding carboxylic acids is 1. The molecular formula is C23H17ClF2N4OS. The van der Waals surface area contributed by atoms with Crippen LogP contribution in [0.25, 0.3) is 5.69 Å². The molecule has 1 N–H and O–H groups in total. The Morgan fingerprint density at radius 3 is 2.31 bits per heavy atom. The summed E-state index contributed by atoms with van der Waals surface area (Å²) in [5.41, 5.74) is 1.37. The summed E-state index contributed by atoms with van der Waals surface area (Å²) >= 11 is 7.14. The van der Waals surface area contributed by atoms with Crippen molar-refractivity contribution in [3.05, 3.63) is 101 Å². The van der Waals surface area contributed by atoms with Crippen molar-refractivity contribution in [3.63, 3.8) is 0 Å². The van der Waals surface area contributed by atoms with Crippen LogP contribution in [0.2, 0.25) is 5.02 Å². The van der Waals surface area contributed by atoms with Gasteiger partial charge in [-0.25, -0.2) is 8.78 Å². The van der Waals surface area contributed by atoms with Crippen LogP contribution in [0.15, 0.2) is 78.0 Å². The first-order valence-electron chi connectivity index (χ1n) is 9.62. The lowest BCUT2D eigenvalue weighted by Crippen LogP contribution is -2.16. The number of rotatable bonds is 7. The molecule has 0 fully saturated rings. The normalized spacial score (nSPS) is 10.8. The molecule has 0 aliphatic carbocycles. The van der Waals surface area contributed by atoms with Gasteiger partial charge in [0.1, 0.15) is 23.1 Å². The van der Waals surface area contributed by atoms with E-state index in [1.807, 2.05) is 47.0 Å². The molecule has 0 atom stereocenters. The first kappa shape index (κ1) is 22.0. The second-order valence-corrected chi connectivity index (χ2v) is 8.19. The van der Waals surface area contributed by atoms with Gasteiger partial charge >= 0.3 is 0 Å². The average molecular weight is 471 g/mol. The predicted molar refractivity (Wildman–Crippen MR) is 121 cm³/mol. The molecule has 0 aliphatic heterocycles. The molecule has 32 heavy (non-hydrogen) atoms. The minimum atomic E-state index is -0.835. The van der Waals surface area contributed by atoms with Gasteiger partial charge in [-0.3, -0.25) is 9.36 Å². The highest BCUT2D eigenvalue weighted by Gasteiger charge is 2.18. The van der Waals surface area contributed by atoms with Crippen molar-refractivity contribution in [1.29, 1.82) is 0 Å². The molecule has 5 nitrogen and oxygen atoms in total. The molecule has 4 rings (SSSR count). The highest BCUT2D eigenvalue weighted by molar-refractivity contribution is 7.99. The Morgan fingerprint density at radius 1 is 0.938 bits per heavy atom.